The van der Waals surface area contributed by atoms with E-state index in [0.717, 1.165) is 18.4 Å². The van der Waals surface area contributed by atoms with E-state index in [1.54, 1.807) is 0 Å². The number of hydrogen-bond acceptors (Lipinski definition) is 2. The van der Waals surface area contributed by atoms with Crippen LogP contribution in [0.5, 0.6) is 0 Å². The van der Waals surface area contributed by atoms with Crippen molar-refractivity contribution >= 4 is 5.97 Å². The van der Waals surface area contributed by atoms with E-state index in [9.17, 15) is 4.79 Å². The Balaban J connectivity index is 1.99. The highest BCUT2D eigenvalue weighted by Gasteiger charge is 2.22. The fraction of sp³-hybridized carbons (Fsp3) is 0.417. The second-order valence-corrected chi connectivity index (χ2v) is 3.82. The number of carbonyl (C=O) groups is 1. The number of esters is 1. The first-order valence-electron chi connectivity index (χ1n) is 5.03. The number of benzene rings is 1. The Kier molecular flexibility index (Phi) is 2.53. The molecule has 0 amide bonds. The molecule has 0 unspecified atom stereocenters. The van der Waals surface area contributed by atoms with Gasteiger partial charge in [-0.1, -0.05) is 17.7 Å². The van der Waals surface area contributed by atoms with Crippen LogP contribution in [0.4, 0.5) is 0 Å². The average Bonchev–Trinajstić information content (AvgIpc) is 2.12. The lowest BCUT2D eigenvalue weighted by molar-refractivity contribution is 0.00901. The quantitative estimate of drug-likeness (QED) is 0.670. The van der Waals surface area contributed by atoms with Gasteiger partial charge in [0.25, 0.3) is 0 Å². The van der Waals surface area contributed by atoms with Gasteiger partial charge in [-0.05, 0) is 38.3 Å². The van der Waals surface area contributed by atoms with Gasteiger partial charge in [0, 0.05) is 0 Å². The van der Waals surface area contributed by atoms with E-state index in [0.29, 0.717) is 5.56 Å². The van der Waals surface area contributed by atoms with Crippen LogP contribution in [0, 0.1) is 6.92 Å². The Morgan fingerprint density at radius 2 is 1.93 bits per heavy atom. The summed E-state index contributed by atoms with van der Waals surface area (Å²) in [6.07, 6.45) is 3.41. The van der Waals surface area contributed by atoms with E-state index in [2.05, 4.69) is 0 Å². The minimum absolute atomic E-state index is 0.170. The summed E-state index contributed by atoms with van der Waals surface area (Å²) in [6.45, 7) is 2.00. The SMILES string of the molecule is Cc1ccc(C(=O)OC2CCC2)cc1. The second kappa shape index (κ2) is 3.82. The van der Waals surface area contributed by atoms with Gasteiger partial charge in [-0.25, -0.2) is 4.79 Å². The molecule has 0 atom stereocenters. The van der Waals surface area contributed by atoms with Gasteiger partial charge in [-0.2, -0.15) is 0 Å². The van der Waals surface area contributed by atoms with Gasteiger partial charge in [-0.3, -0.25) is 0 Å². The maximum atomic E-state index is 11.5. The molecule has 0 bridgehead atoms. The fourth-order valence-corrected chi connectivity index (χ4v) is 1.40. The molecule has 0 radical (unpaired) electrons. The van der Waals surface area contributed by atoms with Gasteiger partial charge < -0.3 is 4.74 Å². The Morgan fingerprint density at radius 1 is 1.29 bits per heavy atom. The maximum Gasteiger partial charge on any atom is 0.338 e. The highest BCUT2D eigenvalue weighted by atomic mass is 16.5. The molecule has 2 heteroatoms. The molecular formula is C12H14O2. The van der Waals surface area contributed by atoms with Crippen molar-refractivity contribution in [1.82, 2.24) is 0 Å². The molecule has 0 heterocycles. The molecule has 0 N–H and O–H groups in total. The summed E-state index contributed by atoms with van der Waals surface area (Å²) in [6, 6.07) is 7.49. The highest BCUT2D eigenvalue weighted by molar-refractivity contribution is 5.89. The summed E-state index contributed by atoms with van der Waals surface area (Å²) in [5, 5.41) is 0. The number of rotatable bonds is 2. The van der Waals surface area contributed by atoms with Crippen LogP contribution in [0.2, 0.25) is 0 Å². The standard InChI is InChI=1S/C12H14O2/c1-9-5-7-10(8-6-9)12(13)14-11-3-2-4-11/h5-8,11H,2-4H2,1H3. The van der Waals surface area contributed by atoms with Crippen molar-refractivity contribution in [3.8, 4) is 0 Å². The third kappa shape index (κ3) is 1.95. The molecule has 1 saturated carbocycles. The number of carbonyl (C=O) groups excluding carboxylic acids is 1. The summed E-state index contributed by atoms with van der Waals surface area (Å²) in [5.41, 5.74) is 1.81. The normalized spacial score (nSPS) is 16.1. The minimum atomic E-state index is -0.185. The molecule has 0 spiro atoms. The first kappa shape index (κ1) is 9.25. The first-order valence-corrected chi connectivity index (χ1v) is 5.03. The molecule has 1 aliphatic carbocycles. The van der Waals surface area contributed by atoms with E-state index < -0.39 is 0 Å². The van der Waals surface area contributed by atoms with Crippen LogP contribution in [0.3, 0.4) is 0 Å². The lowest BCUT2D eigenvalue weighted by Crippen LogP contribution is -2.24. The zero-order valence-electron chi connectivity index (χ0n) is 8.32. The first-order chi connectivity index (χ1) is 6.75. The van der Waals surface area contributed by atoms with Crippen LogP contribution in [0.15, 0.2) is 24.3 Å². The Hall–Kier alpha value is -1.31. The number of ether oxygens (including phenoxy) is 1. The second-order valence-electron chi connectivity index (χ2n) is 3.82. The summed E-state index contributed by atoms with van der Waals surface area (Å²) in [7, 11) is 0. The third-order valence-electron chi connectivity index (χ3n) is 2.61. The Morgan fingerprint density at radius 3 is 2.43 bits per heavy atom. The molecule has 2 rings (SSSR count). The van der Waals surface area contributed by atoms with E-state index in [1.807, 2.05) is 31.2 Å². The smallest absolute Gasteiger partial charge is 0.338 e. The van der Waals surface area contributed by atoms with Crippen LogP contribution in [0.25, 0.3) is 0 Å². The average molecular weight is 190 g/mol. The Labute approximate surface area is 83.9 Å². The van der Waals surface area contributed by atoms with Crippen LogP contribution < -0.4 is 0 Å². The lowest BCUT2D eigenvalue weighted by Gasteiger charge is -2.25. The van der Waals surface area contributed by atoms with Crippen LogP contribution >= 0.6 is 0 Å². The van der Waals surface area contributed by atoms with Crippen LogP contribution in [-0.2, 0) is 4.74 Å². The van der Waals surface area contributed by atoms with Crippen molar-refractivity contribution in [1.29, 1.82) is 0 Å². The maximum absolute atomic E-state index is 11.5. The molecule has 0 aliphatic heterocycles. The summed E-state index contributed by atoms with van der Waals surface area (Å²) in [5.74, 6) is -0.185. The Bertz CT molecular complexity index is 323. The molecule has 1 aliphatic rings. The van der Waals surface area contributed by atoms with E-state index in [1.165, 1.54) is 6.42 Å². The summed E-state index contributed by atoms with van der Waals surface area (Å²) >= 11 is 0. The van der Waals surface area contributed by atoms with Crippen molar-refractivity contribution in [2.75, 3.05) is 0 Å². The van der Waals surface area contributed by atoms with Gasteiger partial charge in [0.15, 0.2) is 0 Å². The van der Waals surface area contributed by atoms with Crippen molar-refractivity contribution in [2.24, 2.45) is 0 Å². The van der Waals surface area contributed by atoms with Gasteiger partial charge in [0.1, 0.15) is 6.10 Å². The van der Waals surface area contributed by atoms with Gasteiger partial charge in [0.2, 0.25) is 0 Å². The molecule has 0 saturated heterocycles. The predicted octanol–water partition coefficient (Wildman–Crippen LogP) is 2.70. The van der Waals surface area contributed by atoms with Gasteiger partial charge >= 0.3 is 5.97 Å². The van der Waals surface area contributed by atoms with Gasteiger partial charge in [0.05, 0.1) is 5.56 Å². The minimum Gasteiger partial charge on any atom is -0.459 e. The molecule has 1 aromatic carbocycles. The van der Waals surface area contributed by atoms with E-state index in [4.69, 9.17) is 4.74 Å². The molecule has 14 heavy (non-hydrogen) atoms. The van der Waals surface area contributed by atoms with E-state index >= 15 is 0 Å². The van der Waals surface area contributed by atoms with Crippen molar-refractivity contribution in [3.63, 3.8) is 0 Å². The fourth-order valence-electron chi connectivity index (χ4n) is 1.40. The zero-order valence-corrected chi connectivity index (χ0v) is 8.32. The number of aryl methyl sites for hydroxylation is 1. The summed E-state index contributed by atoms with van der Waals surface area (Å²) in [4.78, 5) is 11.5. The van der Waals surface area contributed by atoms with Crippen molar-refractivity contribution in [3.05, 3.63) is 35.4 Å². The topological polar surface area (TPSA) is 26.3 Å². The summed E-state index contributed by atoms with van der Waals surface area (Å²) < 4.78 is 5.27. The molecule has 74 valence electrons. The third-order valence-corrected chi connectivity index (χ3v) is 2.61. The predicted molar refractivity (Wildman–Crippen MR) is 54.2 cm³/mol. The number of hydrogen-bond donors (Lipinski definition) is 0. The van der Waals surface area contributed by atoms with Crippen molar-refractivity contribution < 1.29 is 9.53 Å². The molecule has 2 nitrogen and oxygen atoms in total. The van der Waals surface area contributed by atoms with Gasteiger partial charge in [-0.15, -0.1) is 0 Å². The lowest BCUT2D eigenvalue weighted by atomic mass is 9.96. The largest absolute Gasteiger partial charge is 0.459 e. The molecule has 0 aromatic heterocycles. The van der Waals surface area contributed by atoms with Crippen molar-refractivity contribution in [2.45, 2.75) is 32.3 Å². The van der Waals surface area contributed by atoms with Crippen LogP contribution in [0.1, 0.15) is 35.2 Å². The molecular weight excluding hydrogens is 176 g/mol. The zero-order chi connectivity index (χ0) is 9.97. The highest BCUT2D eigenvalue weighted by Crippen LogP contribution is 2.23. The molecule has 1 fully saturated rings. The monoisotopic (exact) mass is 190 g/mol. The van der Waals surface area contributed by atoms with E-state index in [-0.39, 0.29) is 12.1 Å². The van der Waals surface area contributed by atoms with Crippen LogP contribution in [-0.4, -0.2) is 12.1 Å². The molecule has 1 aromatic rings.